The molecule has 2 aliphatic rings. The number of fused-ring (bicyclic) bond motifs is 1. The molecule has 0 radical (unpaired) electrons. The molecule has 1 unspecified atom stereocenters. The van der Waals surface area contributed by atoms with Gasteiger partial charge in [-0.15, -0.1) is 11.3 Å². The highest BCUT2D eigenvalue weighted by Gasteiger charge is 2.22. The molecule has 1 aliphatic carbocycles. The molecule has 2 heterocycles. The van der Waals surface area contributed by atoms with Gasteiger partial charge in [0.15, 0.2) is 6.04 Å². The second kappa shape index (κ2) is 6.36. The average molecular weight is 316 g/mol. The molecule has 22 heavy (non-hydrogen) atoms. The highest BCUT2D eigenvalue weighted by atomic mass is 32.1. The van der Waals surface area contributed by atoms with Crippen LogP contribution < -0.4 is 5.56 Å². The van der Waals surface area contributed by atoms with E-state index in [2.05, 4.69) is 9.98 Å². The van der Waals surface area contributed by atoms with Crippen LogP contribution in [0.1, 0.15) is 35.2 Å². The van der Waals surface area contributed by atoms with Gasteiger partial charge in [-0.05, 0) is 32.3 Å². The molecule has 1 aliphatic heterocycles. The molecule has 0 amide bonds. The van der Waals surface area contributed by atoms with Crippen molar-refractivity contribution in [1.29, 1.82) is 0 Å². The molecule has 0 N–H and O–H groups in total. The maximum atomic E-state index is 12.1. The first-order valence-corrected chi connectivity index (χ1v) is 8.12. The Labute approximate surface area is 132 Å². The molecule has 114 valence electrons. The summed E-state index contributed by atoms with van der Waals surface area (Å²) in [5.41, 5.74) is 1.04. The predicted molar refractivity (Wildman–Crippen MR) is 86.5 cm³/mol. The van der Waals surface area contributed by atoms with Gasteiger partial charge < -0.3 is 4.74 Å². The fourth-order valence-corrected chi connectivity index (χ4v) is 3.50. The number of carbonyl (C=O) groups excluding carboxylic acids is 1. The van der Waals surface area contributed by atoms with Crippen molar-refractivity contribution in [3.63, 3.8) is 0 Å². The molecule has 0 aromatic carbocycles. The van der Waals surface area contributed by atoms with Crippen LogP contribution in [0.15, 0.2) is 28.0 Å². The number of allylic oxidation sites excluding steroid dienone is 2. The molecular formula is C16H16N2O3S. The van der Waals surface area contributed by atoms with Gasteiger partial charge in [0.2, 0.25) is 0 Å². The number of rotatable bonds is 3. The number of carbonyl (C=O) groups is 1. The van der Waals surface area contributed by atoms with E-state index in [1.54, 1.807) is 6.92 Å². The number of esters is 1. The zero-order valence-corrected chi connectivity index (χ0v) is 13.1. The fourth-order valence-electron chi connectivity index (χ4n) is 2.43. The summed E-state index contributed by atoms with van der Waals surface area (Å²) in [6.45, 7) is 2.10. The predicted octanol–water partition coefficient (Wildman–Crippen LogP) is 2.14. The third-order valence-electron chi connectivity index (χ3n) is 3.48. The van der Waals surface area contributed by atoms with E-state index in [0.29, 0.717) is 29.3 Å². The molecule has 0 spiro atoms. The van der Waals surface area contributed by atoms with Crippen molar-refractivity contribution in [3.8, 4) is 0 Å². The standard InChI is InChI=1S/C16H16N2O3S/c1-2-21-16(20)12-8-5-7-11(17-12)15-18-14(19)10-6-3-4-9-13(10)22-15/h3,5-7,12H,2,4,8-9H2,1H3. The summed E-state index contributed by atoms with van der Waals surface area (Å²) in [7, 11) is 0. The number of aliphatic imine (C=N–C) groups is 1. The van der Waals surface area contributed by atoms with E-state index in [4.69, 9.17) is 4.74 Å². The number of nitrogens with zero attached hydrogens (tertiary/aromatic N) is 2. The Morgan fingerprint density at radius 1 is 1.41 bits per heavy atom. The summed E-state index contributed by atoms with van der Waals surface area (Å²) in [5, 5.41) is 0.573. The first-order chi connectivity index (χ1) is 10.7. The number of hydrogen-bond acceptors (Lipinski definition) is 6. The topological polar surface area (TPSA) is 68.6 Å². The lowest BCUT2D eigenvalue weighted by Crippen LogP contribution is -2.25. The minimum absolute atomic E-state index is 0.228. The van der Waals surface area contributed by atoms with Crippen molar-refractivity contribution < 1.29 is 9.53 Å². The van der Waals surface area contributed by atoms with Crippen LogP contribution in [0.5, 0.6) is 0 Å². The lowest BCUT2D eigenvalue weighted by molar-refractivity contribution is -0.144. The van der Waals surface area contributed by atoms with Gasteiger partial charge in [0, 0.05) is 4.88 Å². The van der Waals surface area contributed by atoms with Gasteiger partial charge in [0.25, 0.3) is 5.56 Å². The highest BCUT2D eigenvalue weighted by Crippen LogP contribution is 2.23. The van der Waals surface area contributed by atoms with E-state index in [1.165, 1.54) is 11.3 Å². The molecule has 3 rings (SSSR count). The Morgan fingerprint density at radius 3 is 3.09 bits per heavy atom. The quantitative estimate of drug-likeness (QED) is 0.801. The number of ether oxygens (including phenoxy) is 1. The molecule has 0 saturated carbocycles. The third-order valence-corrected chi connectivity index (χ3v) is 4.65. The summed E-state index contributed by atoms with van der Waals surface area (Å²) < 4.78 is 5.01. The Morgan fingerprint density at radius 2 is 2.27 bits per heavy atom. The van der Waals surface area contributed by atoms with Crippen molar-refractivity contribution in [2.45, 2.75) is 32.2 Å². The smallest absolute Gasteiger partial charge is 0.331 e. The van der Waals surface area contributed by atoms with E-state index in [-0.39, 0.29) is 11.5 Å². The van der Waals surface area contributed by atoms with Crippen molar-refractivity contribution >= 4 is 29.1 Å². The van der Waals surface area contributed by atoms with Crippen molar-refractivity contribution in [2.75, 3.05) is 6.61 Å². The van der Waals surface area contributed by atoms with E-state index in [0.717, 1.165) is 17.7 Å². The van der Waals surface area contributed by atoms with Crippen LogP contribution in [0, 0.1) is 0 Å². The number of aryl methyl sites for hydroxylation is 1. The van der Waals surface area contributed by atoms with Crippen LogP contribution in [0.25, 0.3) is 6.08 Å². The molecular weight excluding hydrogens is 300 g/mol. The monoisotopic (exact) mass is 316 g/mol. The maximum absolute atomic E-state index is 12.1. The lowest BCUT2D eigenvalue weighted by atomic mass is 10.1. The Balaban J connectivity index is 1.95. The van der Waals surface area contributed by atoms with Gasteiger partial charge in [-0.2, -0.15) is 4.98 Å². The molecule has 1 aromatic rings. The second-order valence-electron chi connectivity index (χ2n) is 5.02. The molecule has 0 bridgehead atoms. The molecule has 5 nitrogen and oxygen atoms in total. The summed E-state index contributed by atoms with van der Waals surface area (Å²) in [4.78, 5) is 33.5. The second-order valence-corrected chi connectivity index (χ2v) is 6.11. The Bertz CT molecular complexity index is 746. The zero-order chi connectivity index (χ0) is 15.5. The molecule has 0 fully saturated rings. The van der Waals surface area contributed by atoms with Crippen LogP contribution in [-0.2, 0) is 16.0 Å². The number of dihydropyridines is 1. The summed E-state index contributed by atoms with van der Waals surface area (Å²) in [5.74, 6) is -0.336. The largest absolute Gasteiger partial charge is 0.464 e. The molecule has 1 aromatic heterocycles. The van der Waals surface area contributed by atoms with Gasteiger partial charge in [-0.1, -0.05) is 18.2 Å². The minimum atomic E-state index is -0.542. The minimum Gasteiger partial charge on any atom is -0.464 e. The average Bonchev–Trinajstić information content (AvgIpc) is 2.55. The van der Waals surface area contributed by atoms with Crippen molar-refractivity contribution in [2.24, 2.45) is 4.99 Å². The van der Waals surface area contributed by atoms with Gasteiger partial charge in [-0.25, -0.2) is 4.79 Å². The zero-order valence-electron chi connectivity index (χ0n) is 12.2. The number of hydrogen-bond donors (Lipinski definition) is 0. The van der Waals surface area contributed by atoms with Crippen LogP contribution >= 0.6 is 11.3 Å². The van der Waals surface area contributed by atoms with Gasteiger partial charge in [0.05, 0.1) is 17.9 Å². The third kappa shape index (κ3) is 2.92. The Hall–Kier alpha value is -2.08. The van der Waals surface area contributed by atoms with Gasteiger partial charge in [-0.3, -0.25) is 9.79 Å². The maximum Gasteiger partial charge on any atom is 0.331 e. The molecule has 6 heteroatoms. The summed E-state index contributed by atoms with van der Waals surface area (Å²) in [6, 6.07) is -0.542. The van der Waals surface area contributed by atoms with Crippen molar-refractivity contribution in [3.05, 3.63) is 44.0 Å². The van der Waals surface area contributed by atoms with Crippen LogP contribution in [0.2, 0.25) is 0 Å². The van der Waals surface area contributed by atoms with Gasteiger partial charge in [0.1, 0.15) is 5.01 Å². The van der Waals surface area contributed by atoms with E-state index in [9.17, 15) is 9.59 Å². The number of aromatic nitrogens is 1. The lowest BCUT2D eigenvalue weighted by Gasteiger charge is -2.15. The molecule has 0 saturated heterocycles. The summed E-state index contributed by atoms with van der Waals surface area (Å²) >= 11 is 1.48. The Kier molecular flexibility index (Phi) is 4.29. The van der Waals surface area contributed by atoms with E-state index < -0.39 is 6.04 Å². The first-order valence-electron chi connectivity index (χ1n) is 7.31. The molecule has 1 atom stereocenters. The van der Waals surface area contributed by atoms with E-state index in [1.807, 2.05) is 24.3 Å². The fraction of sp³-hybridized carbons (Fsp3) is 0.375. The van der Waals surface area contributed by atoms with Crippen LogP contribution in [0.3, 0.4) is 0 Å². The van der Waals surface area contributed by atoms with E-state index >= 15 is 0 Å². The first kappa shape index (κ1) is 14.8. The summed E-state index contributed by atoms with van der Waals surface area (Å²) in [6.07, 6.45) is 9.83. The SMILES string of the molecule is CCOC(=O)C1CC=CC(c2nc(=O)c3c(s2)CCC=C3)=N1. The van der Waals surface area contributed by atoms with Gasteiger partial charge >= 0.3 is 5.97 Å². The van der Waals surface area contributed by atoms with Crippen molar-refractivity contribution in [1.82, 2.24) is 4.98 Å². The highest BCUT2D eigenvalue weighted by molar-refractivity contribution is 7.13. The van der Waals surface area contributed by atoms with Crippen LogP contribution in [-0.4, -0.2) is 29.3 Å². The van der Waals surface area contributed by atoms with Crippen LogP contribution in [0.4, 0.5) is 0 Å². The normalized spacial score (nSPS) is 19.5.